The van der Waals surface area contributed by atoms with E-state index >= 15 is 0 Å². The van der Waals surface area contributed by atoms with Crippen molar-refractivity contribution in [3.05, 3.63) is 59.4 Å². The summed E-state index contributed by atoms with van der Waals surface area (Å²) in [6, 6.07) is 7.36. The van der Waals surface area contributed by atoms with E-state index in [9.17, 15) is 22.8 Å². The predicted molar refractivity (Wildman–Crippen MR) is 98.4 cm³/mol. The molecule has 0 aliphatic heterocycles. The number of hydrogen-bond donors (Lipinski definition) is 2. The first kappa shape index (κ1) is 21.0. The van der Waals surface area contributed by atoms with Gasteiger partial charge in [-0.15, -0.1) is 6.42 Å². The van der Waals surface area contributed by atoms with Gasteiger partial charge in [0.15, 0.2) is 0 Å². The lowest BCUT2D eigenvalue weighted by atomic mass is 10.1. The van der Waals surface area contributed by atoms with Crippen molar-refractivity contribution in [1.29, 1.82) is 0 Å². The van der Waals surface area contributed by atoms with Crippen molar-refractivity contribution in [3.8, 4) is 12.3 Å². The van der Waals surface area contributed by atoms with Crippen molar-refractivity contribution in [2.24, 2.45) is 0 Å². The summed E-state index contributed by atoms with van der Waals surface area (Å²) in [6.45, 7) is 3.29. The molecular weight excluding hydrogens is 371 g/mol. The molecule has 0 unspecified atom stereocenters. The van der Waals surface area contributed by atoms with Gasteiger partial charge in [0, 0.05) is 11.9 Å². The summed E-state index contributed by atoms with van der Waals surface area (Å²) in [5.41, 5.74) is -1.15. The number of aromatic nitrogens is 1. The normalized spacial score (nSPS) is 11.4. The third-order valence-corrected chi connectivity index (χ3v) is 3.68. The molecule has 1 aromatic heterocycles. The van der Waals surface area contributed by atoms with Gasteiger partial charge in [0.1, 0.15) is 5.69 Å². The van der Waals surface area contributed by atoms with Crippen LogP contribution in [0.3, 0.4) is 0 Å². The quantitative estimate of drug-likeness (QED) is 0.770. The second-order valence-corrected chi connectivity index (χ2v) is 6.58. The van der Waals surface area contributed by atoms with Gasteiger partial charge in [-0.1, -0.05) is 24.1 Å². The summed E-state index contributed by atoms with van der Waals surface area (Å²) in [6.07, 6.45) is 1.93. The monoisotopic (exact) mass is 389 g/mol. The molecule has 2 N–H and O–H groups in total. The number of benzene rings is 1. The number of halogens is 3. The highest BCUT2D eigenvalue weighted by molar-refractivity contribution is 5.96. The molecule has 0 aliphatic rings. The summed E-state index contributed by atoms with van der Waals surface area (Å²) in [4.78, 5) is 28.3. The van der Waals surface area contributed by atoms with Crippen LogP contribution >= 0.6 is 0 Å². The summed E-state index contributed by atoms with van der Waals surface area (Å²) in [7, 11) is 0. The highest BCUT2D eigenvalue weighted by Gasteiger charge is 2.30. The Labute approximate surface area is 160 Å². The lowest BCUT2D eigenvalue weighted by molar-refractivity contribution is -0.137. The zero-order chi connectivity index (χ0) is 20.9. The van der Waals surface area contributed by atoms with Crippen molar-refractivity contribution in [3.63, 3.8) is 0 Å². The molecule has 28 heavy (non-hydrogen) atoms. The van der Waals surface area contributed by atoms with Gasteiger partial charge in [0.05, 0.1) is 17.5 Å². The Morgan fingerprint density at radius 2 is 1.89 bits per heavy atom. The molecule has 1 aromatic carbocycles. The molecule has 5 nitrogen and oxygen atoms in total. The summed E-state index contributed by atoms with van der Waals surface area (Å²) in [5.74, 6) is 1.38. The minimum absolute atomic E-state index is 0.0418. The highest BCUT2D eigenvalue weighted by Crippen LogP contribution is 2.29. The van der Waals surface area contributed by atoms with E-state index in [-0.39, 0.29) is 23.4 Å². The first-order valence-electron chi connectivity index (χ1n) is 8.22. The van der Waals surface area contributed by atoms with Crippen LogP contribution in [-0.2, 0) is 17.4 Å². The second-order valence-electron chi connectivity index (χ2n) is 6.58. The zero-order valence-corrected chi connectivity index (χ0v) is 15.2. The Morgan fingerprint density at radius 3 is 2.54 bits per heavy atom. The van der Waals surface area contributed by atoms with Gasteiger partial charge < -0.3 is 10.6 Å². The number of hydrogen-bond acceptors (Lipinski definition) is 3. The van der Waals surface area contributed by atoms with E-state index in [0.29, 0.717) is 0 Å². The average Bonchev–Trinajstić information content (AvgIpc) is 2.61. The molecule has 8 heteroatoms. The van der Waals surface area contributed by atoms with Crippen LogP contribution in [0, 0.1) is 12.3 Å². The van der Waals surface area contributed by atoms with Gasteiger partial charge in [-0.25, -0.2) is 0 Å². The number of nitrogens with one attached hydrogen (secondary N) is 2. The van der Waals surface area contributed by atoms with Crippen molar-refractivity contribution < 1.29 is 22.8 Å². The first-order valence-corrected chi connectivity index (χ1v) is 8.22. The number of rotatable bonds is 5. The van der Waals surface area contributed by atoms with Gasteiger partial charge in [-0.3, -0.25) is 14.6 Å². The number of terminal acetylenes is 1. The lowest BCUT2D eigenvalue weighted by Gasteiger charge is -2.19. The number of pyridine rings is 1. The van der Waals surface area contributed by atoms with Crippen LogP contribution in [0.4, 0.5) is 18.9 Å². The summed E-state index contributed by atoms with van der Waals surface area (Å²) >= 11 is 0. The van der Waals surface area contributed by atoms with Crippen LogP contribution in [0.2, 0.25) is 0 Å². The number of nitrogens with zero attached hydrogens (tertiary/aromatic N) is 1. The molecule has 0 saturated carbocycles. The molecule has 0 aliphatic carbocycles. The van der Waals surface area contributed by atoms with Gasteiger partial charge >= 0.3 is 6.18 Å². The van der Waals surface area contributed by atoms with Crippen LogP contribution in [0.25, 0.3) is 0 Å². The Bertz CT molecular complexity index is 931. The Kier molecular flexibility index (Phi) is 6.09. The molecule has 0 fully saturated rings. The molecule has 2 rings (SSSR count). The molecule has 2 aromatic rings. The number of carbonyl (C=O) groups excluding carboxylic acids is 2. The molecule has 0 spiro atoms. The number of amides is 2. The van der Waals surface area contributed by atoms with Gasteiger partial charge in [-0.05, 0) is 37.6 Å². The minimum Gasteiger partial charge on any atom is -0.335 e. The highest BCUT2D eigenvalue weighted by atomic mass is 19.4. The number of anilines is 1. The van der Waals surface area contributed by atoms with E-state index in [4.69, 9.17) is 6.42 Å². The maximum absolute atomic E-state index is 12.8. The van der Waals surface area contributed by atoms with E-state index in [2.05, 4.69) is 21.5 Å². The third-order valence-electron chi connectivity index (χ3n) is 3.68. The molecular formula is C20H18F3N3O2. The topological polar surface area (TPSA) is 71.1 Å². The average molecular weight is 389 g/mol. The van der Waals surface area contributed by atoms with Gasteiger partial charge in [-0.2, -0.15) is 13.2 Å². The Hall–Kier alpha value is -3.34. The minimum atomic E-state index is -4.48. The van der Waals surface area contributed by atoms with Crippen molar-refractivity contribution in [2.45, 2.75) is 32.0 Å². The number of carbonyl (C=O) groups is 2. The van der Waals surface area contributed by atoms with Gasteiger partial charge in [0.2, 0.25) is 5.91 Å². The van der Waals surface area contributed by atoms with Crippen molar-refractivity contribution in [2.75, 3.05) is 5.32 Å². The molecule has 2 amide bonds. The van der Waals surface area contributed by atoms with E-state index in [1.165, 1.54) is 30.5 Å². The smallest absolute Gasteiger partial charge is 0.335 e. The molecule has 1 heterocycles. The SMILES string of the molecule is C#CC(C)(C)NC(=O)c1cc(NC(=O)Cc2cccc(C(F)(F)F)c2)ccn1. The van der Waals surface area contributed by atoms with Crippen LogP contribution in [0.5, 0.6) is 0 Å². The Balaban J connectivity index is 2.07. The molecule has 0 atom stereocenters. The van der Waals surface area contributed by atoms with Crippen LogP contribution < -0.4 is 10.6 Å². The molecule has 0 bridgehead atoms. The largest absolute Gasteiger partial charge is 0.416 e. The predicted octanol–water partition coefficient (Wildman–Crippen LogP) is 3.42. The second kappa shape index (κ2) is 8.13. The van der Waals surface area contributed by atoms with E-state index in [0.717, 1.165) is 12.1 Å². The maximum atomic E-state index is 12.8. The van der Waals surface area contributed by atoms with Crippen LogP contribution in [0.15, 0.2) is 42.6 Å². The zero-order valence-electron chi connectivity index (χ0n) is 15.2. The van der Waals surface area contributed by atoms with Crippen molar-refractivity contribution in [1.82, 2.24) is 10.3 Å². The lowest BCUT2D eigenvalue weighted by Crippen LogP contribution is -2.42. The first-order chi connectivity index (χ1) is 13.0. The number of alkyl halides is 3. The van der Waals surface area contributed by atoms with Crippen LogP contribution in [0.1, 0.15) is 35.5 Å². The van der Waals surface area contributed by atoms with E-state index in [1.807, 2.05) is 0 Å². The molecule has 0 saturated heterocycles. The van der Waals surface area contributed by atoms with E-state index in [1.54, 1.807) is 13.8 Å². The fourth-order valence-corrected chi connectivity index (χ4v) is 2.26. The molecule has 146 valence electrons. The fraction of sp³-hybridized carbons (Fsp3) is 0.250. The van der Waals surface area contributed by atoms with Crippen molar-refractivity contribution >= 4 is 17.5 Å². The van der Waals surface area contributed by atoms with Gasteiger partial charge in [0.25, 0.3) is 5.91 Å². The maximum Gasteiger partial charge on any atom is 0.416 e. The summed E-state index contributed by atoms with van der Waals surface area (Å²) < 4.78 is 38.3. The Morgan fingerprint density at radius 1 is 1.18 bits per heavy atom. The third kappa shape index (κ3) is 5.84. The molecule has 0 radical (unpaired) electrons. The standard InChI is InChI=1S/C20H18F3N3O2/c1-4-19(2,3)26-18(28)16-12-15(8-9-24-16)25-17(27)11-13-6-5-7-14(10-13)20(21,22)23/h1,5-10,12H,11H2,2-3H3,(H,26,28)(H,24,25,27). The van der Waals surface area contributed by atoms with Crippen LogP contribution in [-0.4, -0.2) is 22.3 Å². The summed E-state index contributed by atoms with van der Waals surface area (Å²) in [5, 5.41) is 5.15. The van der Waals surface area contributed by atoms with E-state index < -0.39 is 29.1 Å². The fourth-order valence-electron chi connectivity index (χ4n) is 2.26.